The van der Waals surface area contributed by atoms with Gasteiger partial charge in [-0.1, -0.05) is 27.7 Å². The molecular weight excluding hydrogens is 255 g/mol. The lowest BCUT2D eigenvalue weighted by Crippen LogP contribution is -2.32. The first-order valence-corrected chi connectivity index (χ1v) is 7.31. The molecule has 20 heavy (non-hydrogen) atoms. The Morgan fingerprint density at radius 2 is 1.70 bits per heavy atom. The minimum atomic E-state index is -0.401. The molecule has 0 saturated carbocycles. The van der Waals surface area contributed by atoms with Gasteiger partial charge < -0.3 is 15.4 Å². The summed E-state index contributed by atoms with van der Waals surface area (Å²) in [5.41, 5.74) is 7.33. The first-order chi connectivity index (χ1) is 9.35. The third kappa shape index (κ3) is 4.58. The number of rotatable bonds is 7. The lowest BCUT2D eigenvalue weighted by molar-refractivity contribution is 0.321. The van der Waals surface area contributed by atoms with Crippen LogP contribution in [-0.4, -0.2) is 19.7 Å². The molecule has 3 nitrogen and oxygen atoms in total. The fourth-order valence-electron chi connectivity index (χ4n) is 2.25. The number of nitrogens with zero attached hydrogens (tertiary/aromatic N) is 1. The summed E-state index contributed by atoms with van der Waals surface area (Å²) in [7, 11) is 0. The molecule has 4 heteroatoms. The molecule has 0 amide bonds. The van der Waals surface area contributed by atoms with E-state index in [1.807, 2.05) is 6.92 Å². The van der Waals surface area contributed by atoms with Crippen LogP contribution in [0.3, 0.4) is 0 Å². The predicted molar refractivity (Wildman–Crippen MR) is 83.9 cm³/mol. The number of benzene rings is 1. The summed E-state index contributed by atoms with van der Waals surface area (Å²) in [6.07, 6.45) is 0. The number of halogens is 1. The SMILES string of the molecule is CCOc1cc(N(CC(C)C)CC(C)C)c(N)cc1F. The maximum Gasteiger partial charge on any atom is 0.167 e. The van der Waals surface area contributed by atoms with E-state index in [-0.39, 0.29) is 5.75 Å². The summed E-state index contributed by atoms with van der Waals surface area (Å²) in [4.78, 5) is 2.21. The molecule has 0 saturated heterocycles. The zero-order valence-electron chi connectivity index (χ0n) is 13.2. The Bertz CT molecular complexity index is 423. The lowest BCUT2D eigenvalue weighted by Gasteiger charge is -2.30. The Labute approximate surface area is 121 Å². The van der Waals surface area contributed by atoms with Crippen molar-refractivity contribution < 1.29 is 9.13 Å². The third-order valence-corrected chi connectivity index (χ3v) is 2.89. The average molecular weight is 282 g/mol. The van der Waals surface area contributed by atoms with Crippen LogP contribution in [0.4, 0.5) is 15.8 Å². The summed E-state index contributed by atoms with van der Waals surface area (Å²) in [5, 5.41) is 0. The van der Waals surface area contributed by atoms with E-state index in [4.69, 9.17) is 10.5 Å². The predicted octanol–water partition coefficient (Wildman–Crippen LogP) is 3.93. The van der Waals surface area contributed by atoms with Crippen LogP contribution in [0.2, 0.25) is 0 Å². The fourth-order valence-corrected chi connectivity index (χ4v) is 2.25. The van der Waals surface area contributed by atoms with Gasteiger partial charge >= 0.3 is 0 Å². The van der Waals surface area contributed by atoms with Crippen LogP contribution in [0.5, 0.6) is 5.75 Å². The van der Waals surface area contributed by atoms with Gasteiger partial charge in [0, 0.05) is 25.2 Å². The van der Waals surface area contributed by atoms with Crippen molar-refractivity contribution in [3.05, 3.63) is 17.9 Å². The maximum absolute atomic E-state index is 13.8. The Morgan fingerprint density at radius 3 is 2.15 bits per heavy atom. The van der Waals surface area contributed by atoms with Gasteiger partial charge in [0.15, 0.2) is 11.6 Å². The van der Waals surface area contributed by atoms with Crippen LogP contribution in [0.15, 0.2) is 12.1 Å². The van der Waals surface area contributed by atoms with Crippen molar-refractivity contribution in [2.75, 3.05) is 30.3 Å². The van der Waals surface area contributed by atoms with E-state index in [1.165, 1.54) is 6.07 Å². The minimum Gasteiger partial charge on any atom is -0.491 e. The van der Waals surface area contributed by atoms with E-state index in [9.17, 15) is 4.39 Å². The fraction of sp³-hybridized carbons (Fsp3) is 0.625. The molecule has 0 aliphatic rings. The average Bonchev–Trinajstić information content (AvgIpc) is 2.30. The molecule has 0 atom stereocenters. The zero-order chi connectivity index (χ0) is 15.3. The highest BCUT2D eigenvalue weighted by Crippen LogP contribution is 2.32. The quantitative estimate of drug-likeness (QED) is 0.770. The highest BCUT2D eigenvalue weighted by molar-refractivity contribution is 5.70. The van der Waals surface area contributed by atoms with Crippen molar-refractivity contribution in [2.24, 2.45) is 11.8 Å². The second-order valence-electron chi connectivity index (χ2n) is 5.97. The molecule has 0 aromatic heterocycles. The Hall–Kier alpha value is -1.45. The maximum atomic E-state index is 13.8. The van der Waals surface area contributed by atoms with Crippen LogP contribution in [0.1, 0.15) is 34.6 Å². The summed E-state index contributed by atoms with van der Waals surface area (Å²) < 4.78 is 19.1. The van der Waals surface area contributed by atoms with Gasteiger partial charge in [-0.3, -0.25) is 0 Å². The smallest absolute Gasteiger partial charge is 0.167 e. The van der Waals surface area contributed by atoms with Gasteiger partial charge in [0.05, 0.1) is 18.0 Å². The first kappa shape index (κ1) is 16.6. The first-order valence-electron chi connectivity index (χ1n) is 7.31. The molecule has 1 aromatic carbocycles. The van der Waals surface area contributed by atoms with Crippen LogP contribution in [-0.2, 0) is 0 Å². The number of hydrogen-bond acceptors (Lipinski definition) is 3. The minimum absolute atomic E-state index is 0.272. The topological polar surface area (TPSA) is 38.5 Å². The van der Waals surface area contributed by atoms with Gasteiger partial charge in [0.1, 0.15) is 0 Å². The highest BCUT2D eigenvalue weighted by atomic mass is 19.1. The van der Waals surface area contributed by atoms with E-state index in [2.05, 4.69) is 32.6 Å². The molecule has 0 spiro atoms. The molecule has 1 rings (SSSR count). The molecule has 0 heterocycles. The van der Waals surface area contributed by atoms with Gasteiger partial charge in [0.2, 0.25) is 0 Å². The molecule has 0 radical (unpaired) electrons. The normalized spacial score (nSPS) is 11.2. The van der Waals surface area contributed by atoms with Crippen molar-refractivity contribution >= 4 is 11.4 Å². The summed E-state index contributed by atoms with van der Waals surface area (Å²) >= 11 is 0. The van der Waals surface area contributed by atoms with E-state index >= 15 is 0 Å². The van der Waals surface area contributed by atoms with Crippen LogP contribution in [0.25, 0.3) is 0 Å². The van der Waals surface area contributed by atoms with E-state index in [0.717, 1.165) is 18.8 Å². The standard InChI is InChI=1S/C16H27FN2O/c1-6-20-16-8-15(14(18)7-13(16)17)19(9-11(2)3)10-12(4)5/h7-8,11-12H,6,9-10,18H2,1-5H3. The summed E-state index contributed by atoms with van der Waals surface area (Å²) in [6.45, 7) is 12.7. The van der Waals surface area contributed by atoms with Gasteiger partial charge in [-0.05, 0) is 18.8 Å². The lowest BCUT2D eigenvalue weighted by atomic mass is 10.1. The van der Waals surface area contributed by atoms with Crippen molar-refractivity contribution in [3.63, 3.8) is 0 Å². The van der Waals surface area contributed by atoms with Crippen LogP contribution < -0.4 is 15.4 Å². The molecule has 2 N–H and O–H groups in total. The largest absolute Gasteiger partial charge is 0.491 e. The van der Waals surface area contributed by atoms with Gasteiger partial charge in [-0.25, -0.2) is 4.39 Å². The molecular formula is C16H27FN2O. The van der Waals surface area contributed by atoms with Gasteiger partial charge in [-0.15, -0.1) is 0 Å². The molecule has 0 aliphatic carbocycles. The molecule has 1 aromatic rings. The second-order valence-corrected chi connectivity index (χ2v) is 5.97. The van der Waals surface area contributed by atoms with Gasteiger partial charge in [-0.2, -0.15) is 0 Å². The van der Waals surface area contributed by atoms with E-state index in [0.29, 0.717) is 24.1 Å². The molecule has 0 unspecified atom stereocenters. The molecule has 0 bridgehead atoms. The van der Waals surface area contributed by atoms with Crippen molar-refractivity contribution in [3.8, 4) is 5.75 Å². The number of ether oxygens (including phenoxy) is 1. The second kappa shape index (κ2) is 7.36. The number of hydrogen-bond donors (Lipinski definition) is 1. The zero-order valence-corrected chi connectivity index (χ0v) is 13.2. The van der Waals surface area contributed by atoms with Gasteiger partial charge in [0.25, 0.3) is 0 Å². The van der Waals surface area contributed by atoms with E-state index < -0.39 is 5.82 Å². The molecule has 0 aliphatic heterocycles. The van der Waals surface area contributed by atoms with Crippen molar-refractivity contribution in [2.45, 2.75) is 34.6 Å². The van der Waals surface area contributed by atoms with E-state index in [1.54, 1.807) is 6.07 Å². The van der Waals surface area contributed by atoms with Crippen molar-refractivity contribution in [1.82, 2.24) is 0 Å². The highest BCUT2D eigenvalue weighted by Gasteiger charge is 2.16. The van der Waals surface area contributed by atoms with Crippen LogP contribution in [0, 0.1) is 17.7 Å². The summed E-state index contributed by atoms with van der Waals surface area (Å²) in [6, 6.07) is 3.08. The third-order valence-electron chi connectivity index (χ3n) is 2.89. The molecule has 0 fully saturated rings. The van der Waals surface area contributed by atoms with Crippen molar-refractivity contribution in [1.29, 1.82) is 0 Å². The summed E-state index contributed by atoms with van der Waals surface area (Å²) in [5.74, 6) is 0.888. The molecule has 114 valence electrons. The number of nitrogens with two attached hydrogens (primary N) is 1. The number of anilines is 2. The Balaban J connectivity index is 3.13. The Kier molecular flexibility index (Phi) is 6.11. The monoisotopic (exact) mass is 282 g/mol. The number of nitrogen functional groups attached to an aromatic ring is 1. The Morgan fingerprint density at radius 1 is 1.15 bits per heavy atom. The van der Waals surface area contributed by atoms with Crippen LogP contribution >= 0.6 is 0 Å².